The molecule has 0 bridgehead atoms. The van der Waals surface area contributed by atoms with Crippen molar-refractivity contribution in [1.82, 2.24) is 4.90 Å². The highest BCUT2D eigenvalue weighted by molar-refractivity contribution is 5.84. The molecule has 1 aliphatic rings. The molecule has 1 aromatic carbocycles. The molecule has 1 fully saturated rings. The quantitative estimate of drug-likeness (QED) is 0.876. The summed E-state index contributed by atoms with van der Waals surface area (Å²) in [5.74, 6) is -0.120. The van der Waals surface area contributed by atoms with Crippen LogP contribution in [0.25, 0.3) is 0 Å². The molecule has 1 atom stereocenters. The van der Waals surface area contributed by atoms with Crippen LogP contribution in [0, 0.1) is 6.92 Å². The maximum absolute atomic E-state index is 12.2. The number of hydrogen-bond donors (Lipinski definition) is 1. The summed E-state index contributed by atoms with van der Waals surface area (Å²) in [7, 11) is 1.64. The lowest BCUT2D eigenvalue weighted by Crippen LogP contribution is -2.40. The molecule has 0 saturated carbocycles. The second-order valence-electron chi connectivity index (χ2n) is 5.75. The van der Waals surface area contributed by atoms with Crippen molar-refractivity contribution >= 4 is 11.9 Å². The van der Waals surface area contributed by atoms with Gasteiger partial charge in [-0.3, -0.25) is 4.79 Å². The molecule has 1 aromatic rings. The van der Waals surface area contributed by atoms with E-state index in [1.165, 1.54) is 4.90 Å². The lowest BCUT2D eigenvalue weighted by molar-refractivity contribution is -0.148. The van der Waals surface area contributed by atoms with Crippen LogP contribution in [0.15, 0.2) is 18.2 Å². The van der Waals surface area contributed by atoms with Gasteiger partial charge in [0.1, 0.15) is 11.8 Å². The molecular weight excluding hydrogens is 282 g/mol. The van der Waals surface area contributed by atoms with E-state index in [0.717, 1.165) is 29.7 Å². The Balaban J connectivity index is 1.90. The van der Waals surface area contributed by atoms with Gasteiger partial charge >= 0.3 is 5.97 Å². The van der Waals surface area contributed by atoms with E-state index in [9.17, 15) is 9.59 Å². The number of aliphatic carboxylic acids is 1. The summed E-state index contributed by atoms with van der Waals surface area (Å²) in [6, 6.07) is 5.36. The summed E-state index contributed by atoms with van der Waals surface area (Å²) in [6.07, 6.45) is 3.16. The second-order valence-corrected chi connectivity index (χ2v) is 5.75. The summed E-state index contributed by atoms with van der Waals surface area (Å²) in [5, 5.41) is 9.12. The molecule has 0 aliphatic carbocycles. The van der Waals surface area contributed by atoms with Gasteiger partial charge in [0.15, 0.2) is 0 Å². The number of likely N-dealkylation sites (tertiary alicyclic amines) is 1. The SMILES string of the molecule is COc1ccc(C)cc1CCCC(=O)N1CCCC1C(=O)O. The van der Waals surface area contributed by atoms with Gasteiger partial charge in [-0.2, -0.15) is 0 Å². The molecule has 1 N–H and O–H groups in total. The van der Waals surface area contributed by atoms with Crippen LogP contribution in [-0.2, 0) is 16.0 Å². The summed E-state index contributed by atoms with van der Waals surface area (Å²) in [5.41, 5.74) is 2.25. The molecule has 22 heavy (non-hydrogen) atoms. The summed E-state index contributed by atoms with van der Waals surface area (Å²) < 4.78 is 5.33. The van der Waals surface area contributed by atoms with Crippen molar-refractivity contribution in [3.8, 4) is 5.75 Å². The zero-order valence-corrected chi connectivity index (χ0v) is 13.2. The Kier molecular flexibility index (Phi) is 5.41. The van der Waals surface area contributed by atoms with Crippen molar-refractivity contribution in [3.63, 3.8) is 0 Å². The minimum Gasteiger partial charge on any atom is -0.496 e. The lowest BCUT2D eigenvalue weighted by atomic mass is 10.0. The van der Waals surface area contributed by atoms with Gasteiger partial charge in [-0.05, 0) is 44.2 Å². The predicted octanol–water partition coefficient (Wildman–Crippen LogP) is 2.40. The van der Waals surface area contributed by atoms with Gasteiger partial charge in [0, 0.05) is 13.0 Å². The van der Waals surface area contributed by atoms with Crippen molar-refractivity contribution in [1.29, 1.82) is 0 Å². The molecule has 1 amide bonds. The number of methoxy groups -OCH3 is 1. The van der Waals surface area contributed by atoms with E-state index in [1.54, 1.807) is 7.11 Å². The van der Waals surface area contributed by atoms with E-state index >= 15 is 0 Å². The highest BCUT2D eigenvalue weighted by Crippen LogP contribution is 2.23. The van der Waals surface area contributed by atoms with Gasteiger partial charge in [0.25, 0.3) is 0 Å². The highest BCUT2D eigenvalue weighted by Gasteiger charge is 2.33. The zero-order chi connectivity index (χ0) is 16.1. The van der Waals surface area contributed by atoms with Crippen LogP contribution in [0.3, 0.4) is 0 Å². The van der Waals surface area contributed by atoms with Crippen molar-refractivity contribution in [2.24, 2.45) is 0 Å². The van der Waals surface area contributed by atoms with Crippen LogP contribution >= 0.6 is 0 Å². The Morgan fingerprint density at radius 1 is 1.41 bits per heavy atom. The van der Waals surface area contributed by atoms with Crippen LogP contribution in [0.2, 0.25) is 0 Å². The Labute approximate surface area is 130 Å². The lowest BCUT2D eigenvalue weighted by Gasteiger charge is -2.21. The average Bonchev–Trinajstić information content (AvgIpc) is 2.97. The number of ether oxygens (including phenoxy) is 1. The number of benzene rings is 1. The minimum absolute atomic E-state index is 0.0588. The molecule has 1 heterocycles. The first kappa shape index (κ1) is 16.3. The van der Waals surface area contributed by atoms with E-state index in [4.69, 9.17) is 9.84 Å². The fourth-order valence-electron chi connectivity index (χ4n) is 3.00. The van der Waals surface area contributed by atoms with Crippen molar-refractivity contribution in [2.45, 2.75) is 45.1 Å². The fraction of sp³-hybridized carbons (Fsp3) is 0.529. The van der Waals surface area contributed by atoms with Gasteiger partial charge in [-0.1, -0.05) is 17.7 Å². The third-order valence-electron chi connectivity index (χ3n) is 4.13. The molecule has 5 nitrogen and oxygen atoms in total. The Morgan fingerprint density at radius 2 is 2.18 bits per heavy atom. The molecule has 1 saturated heterocycles. The molecule has 1 aliphatic heterocycles. The van der Waals surface area contributed by atoms with Crippen LogP contribution in [0.5, 0.6) is 5.75 Å². The molecular formula is C17H23NO4. The number of carboxylic acids is 1. The second kappa shape index (κ2) is 7.29. The number of amides is 1. The zero-order valence-electron chi connectivity index (χ0n) is 13.2. The van der Waals surface area contributed by atoms with Crippen molar-refractivity contribution < 1.29 is 19.4 Å². The van der Waals surface area contributed by atoms with Crippen LogP contribution < -0.4 is 4.74 Å². The number of carboxylic acid groups (broad SMARTS) is 1. The first-order chi connectivity index (χ1) is 10.5. The third kappa shape index (κ3) is 3.78. The fourth-order valence-corrected chi connectivity index (χ4v) is 3.00. The summed E-state index contributed by atoms with van der Waals surface area (Å²) >= 11 is 0. The smallest absolute Gasteiger partial charge is 0.326 e. The number of hydrogen-bond acceptors (Lipinski definition) is 3. The van der Waals surface area contributed by atoms with Gasteiger partial charge < -0.3 is 14.7 Å². The van der Waals surface area contributed by atoms with E-state index in [0.29, 0.717) is 25.8 Å². The third-order valence-corrected chi connectivity index (χ3v) is 4.13. The Bertz CT molecular complexity index is 556. The monoisotopic (exact) mass is 305 g/mol. The van der Waals surface area contributed by atoms with E-state index < -0.39 is 12.0 Å². The number of aryl methyl sites for hydroxylation is 2. The van der Waals surface area contributed by atoms with Crippen LogP contribution in [0.4, 0.5) is 0 Å². The van der Waals surface area contributed by atoms with E-state index in [-0.39, 0.29) is 5.91 Å². The number of carbonyl (C=O) groups is 2. The summed E-state index contributed by atoms with van der Waals surface area (Å²) in [4.78, 5) is 24.8. The number of nitrogens with zero attached hydrogens (tertiary/aromatic N) is 1. The highest BCUT2D eigenvalue weighted by atomic mass is 16.5. The molecule has 0 aromatic heterocycles. The van der Waals surface area contributed by atoms with Gasteiger partial charge in [-0.25, -0.2) is 4.79 Å². The predicted molar refractivity (Wildman–Crippen MR) is 83.0 cm³/mol. The van der Waals surface area contributed by atoms with Gasteiger partial charge in [0.2, 0.25) is 5.91 Å². The molecule has 0 radical (unpaired) electrons. The Morgan fingerprint density at radius 3 is 2.86 bits per heavy atom. The molecule has 120 valence electrons. The first-order valence-corrected chi connectivity index (χ1v) is 7.68. The van der Waals surface area contributed by atoms with Crippen molar-refractivity contribution in [3.05, 3.63) is 29.3 Å². The van der Waals surface area contributed by atoms with Gasteiger partial charge in [0.05, 0.1) is 7.11 Å². The van der Waals surface area contributed by atoms with Crippen LogP contribution in [-0.4, -0.2) is 41.6 Å². The number of carbonyl (C=O) groups excluding carboxylic acids is 1. The Hall–Kier alpha value is -2.04. The van der Waals surface area contributed by atoms with Gasteiger partial charge in [-0.15, -0.1) is 0 Å². The van der Waals surface area contributed by atoms with Crippen LogP contribution in [0.1, 0.15) is 36.8 Å². The van der Waals surface area contributed by atoms with Crippen molar-refractivity contribution in [2.75, 3.05) is 13.7 Å². The van der Waals surface area contributed by atoms with E-state index in [1.807, 2.05) is 19.1 Å². The first-order valence-electron chi connectivity index (χ1n) is 7.68. The maximum Gasteiger partial charge on any atom is 0.326 e. The topological polar surface area (TPSA) is 66.8 Å². The normalized spacial score (nSPS) is 17.5. The number of rotatable bonds is 6. The molecule has 1 unspecified atom stereocenters. The van der Waals surface area contributed by atoms with E-state index in [2.05, 4.69) is 6.07 Å². The largest absolute Gasteiger partial charge is 0.496 e. The molecule has 5 heteroatoms. The summed E-state index contributed by atoms with van der Waals surface area (Å²) in [6.45, 7) is 2.58. The molecule has 2 rings (SSSR count). The molecule has 0 spiro atoms. The average molecular weight is 305 g/mol. The standard InChI is InChI=1S/C17H23NO4/c1-12-8-9-15(22-2)13(11-12)5-3-7-16(19)18-10-4-6-14(18)17(20)21/h8-9,11,14H,3-7,10H2,1-2H3,(H,20,21). The maximum atomic E-state index is 12.2. The minimum atomic E-state index is -0.897.